The third-order valence-corrected chi connectivity index (χ3v) is 10.1. The minimum Gasteiger partial charge on any atom is -0.274 e. The highest BCUT2D eigenvalue weighted by atomic mass is 31.2. The monoisotopic (exact) mass is 376 g/mol. The fraction of sp³-hybridized carbons (Fsp3) is 0.174. The summed E-state index contributed by atoms with van der Waals surface area (Å²) >= 11 is 0. The average Bonchev–Trinajstić information content (AvgIpc) is 3.12. The van der Waals surface area contributed by atoms with Crippen LogP contribution in [0.25, 0.3) is 0 Å². The quantitative estimate of drug-likeness (QED) is 0.641. The Bertz CT molecular complexity index is 803. The van der Waals surface area contributed by atoms with Crippen LogP contribution in [0.5, 0.6) is 0 Å². The van der Waals surface area contributed by atoms with Gasteiger partial charge in [-0.25, -0.2) is 5.06 Å². The predicted molar refractivity (Wildman–Crippen MR) is 112 cm³/mol. The normalized spacial score (nSPS) is 17.3. The van der Waals surface area contributed by atoms with Crippen LogP contribution in [-0.2, 0) is 9.63 Å². The predicted octanol–water partition coefficient (Wildman–Crippen LogP) is 3.14. The van der Waals surface area contributed by atoms with Gasteiger partial charge >= 0.3 is 0 Å². The molecule has 1 amide bonds. The van der Waals surface area contributed by atoms with E-state index in [-0.39, 0.29) is 11.6 Å². The molecule has 4 heteroatoms. The summed E-state index contributed by atoms with van der Waals surface area (Å²) in [5, 5.41) is 5.23. The van der Waals surface area contributed by atoms with Crippen LogP contribution in [0.15, 0.2) is 91.0 Å². The molecule has 1 heterocycles. The minimum absolute atomic E-state index is 0.0855. The first-order valence-electron chi connectivity index (χ1n) is 9.19. The van der Waals surface area contributed by atoms with Gasteiger partial charge in [-0.15, -0.1) is 0 Å². The van der Waals surface area contributed by atoms with Gasteiger partial charge < -0.3 is 0 Å². The second-order valence-corrected chi connectivity index (χ2v) is 10.3. The Kier molecular flexibility index (Phi) is 5.07. The molecule has 3 aromatic rings. The Balaban J connectivity index is 2.03. The molecule has 0 aliphatic carbocycles. The molecule has 4 rings (SSSR count). The van der Waals surface area contributed by atoms with Crippen LogP contribution in [0.2, 0.25) is 0 Å². The lowest BCUT2D eigenvalue weighted by Crippen LogP contribution is -2.42. The molecule has 0 N–H and O–H groups in total. The maximum atomic E-state index is 13.3. The lowest BCUT2D eigenvalue weighted by molar-refractivity contribution is -0.166. The topological polar surface area (TPSA) is 29.5 Å². The van der Waals surface area contributed by atoms with Crippen LogP contribution in [0.1, 0.15) is 6.42 Å². The second kappa shape index (κ2) is 7.64. The molecule has 1 atom stereocenters. The van der Waals surface area contributed by atoms with E-state index in [2.05, 4.69) is 72.8 Å². The fourth-order valence-electron chi connectivity index (χ4n) is 4.16. The number of carbonyl (C=O) groups excluding carboxylic acids is 1. The summed E-state index contributed by atoms with van der Waals surface area (Å²) in [4.78, 5) is 18.7. The molecule has 136 valence electrons. The van der Waals surface area contributed by atoms with Crippen molar-refractivity contribution < 1.29 is 9.63 Å². The van der Waals surface area contributed by atoms with Gasteiger partial charge in [0.15, 0.2) is 5.66 Å². The first kappa shape index (κ1) is 17.9. The first-order valence-corrected chi connectivity index (χ1v) is 11.1. The van der Waals surface area contributed by atoms with Crippen molar-refractivity contribution >= 4 is 29.1 Å². The molecule has 0 spiro atoms. The summed E-state index contributed by atoms with van der Waals surface area (Å²) in [5.74, 6) is 0.0855. The Morgan fingerprint density at radius 3 is 1.52 bits per heavy atom. The number of hydroxylamine groups is 2. The van der Waals surface area contributed by atoms with Crippen molar-refractivity contribution in [3.05, 3.63) is 91.0 Å². The molecular formula is C23H23NO2P+. The average molecular weight is 376 g/mol. The minimum atomic E-state index is -2.18. The smallest absolute Gasteiger partial charge is 0.274 e. The highest BCUT2D eigenvalue weighted by Gasteiger charge is 2.58. The van der Waals surface area contributed by atoms with Crippen molar-refractivity contribution in [3.63, 3.8) is 0 Å². The summed E-state index contributed by atoms with van der Waals surface area (Å²) in [6, 6.07) is 31.6. The van der Waals surface area contributed by atoms with Crippen molar-refractivity contribution in [2.24, 2.45) is 0 Å². The van der Waals surface area contributed by atoms with Gasteiger partial charge in [0.25, 0.3) is 5.91 Å². The van der Waals surface area contributed by atoms with E-state index in [0.717, 1.165) is 6.42 Å². The molecule has 3 nitrogen and oxygen atoms in total. The Morgan fingerprint density at radius 1 is 0.778 bits per heavy atom. The zero-order chi connectivity index (χ0) is 18.7. The summed E-state index contributed by atoms with van der Waals surface area (Å²) in [7, 11) is -0.601. The summed E-state index contributed by atoms with van der Waals surface area (Å²) in [5.41, 5.74) is -0.121. The number of hydrogen-bond acceptors (Lipinski definition) is 2. The van der Waals surface area contributed by atoms with Crippen LogP contribution in [-0.4, -0.2) is 30.3 Å². The number of carbonyl (C=O) groups is 1. The molecule has 0 radical (unpaired) electrons. The summed E-state index contributed by atoms with van der Waals surface area (Å²) in [6.45, 7) is 0.633. The van der Waals surface area contributed by atoms with Crippen molar-refractivity contribution in [1.82, 2.24) is 5.06 Å². The van der Waals surface area contributed by atoms with Crippen LogP contribution in [0.3, 0.4) is 0 Å². The number of hydrogen-bond donors (Lipinski definition) is 0. The number of benzene rings is 3. The zero-order valence-electron chi connectivity index (χ0n) is 15.4. The second-order valence-electron chi connectivity index (χ2n) is 6.66. The lowest BCUT2D eigenvalue weighted by atomic mass is 10.3. The molecule has 0 saturated carbocycles. The van der Waals surface area contributed by atoms with Crippen molar-refractivity contribution in [2.75, 3.05) is 13.7 Å². The fourth-order valence-corrected chi connectivity index (χ4v) is 9.02. The highest BCUT2D eigenvalue weighted by Crippen LogP contribution is 2.62. The standard InChI is InChI=1S/C23H23NO2P/c1-26-24-18-17-22(23(24)25)27(19-11-5-2-6-12-19,20-13-7-3-8-14-20)21-15-9-4-10-16-21/h2-16,22H,17-18H2,1H3/q+1. The van der Waals surface area contributed by atoms with E-state index in [9.17, 15) is 4.79 Å². The molecular weight excluding hydrogens is 353 g/mol. The molecule has 27 heavy (non-hydrogen) atoms. The molecule has 1 saturated heterocycles. The van der Waals surface area contributed by atoms with E-state index in [0.29, 0.717) is 6.54 Å². The third kappa shape index (κ3) is 2.97. The number of nitrogens with zero attached hydrogens (tertiary/aromatic N) is 1. The van der Waals surface area contributed by atoms with Crippen LogP contribution >= 0.6 is 7.26 Å². The summed E-state index contributed by atoms with van der Waals surface area (Å²) < 4.78 is 0. The number of amides is 1. The van der Waals surface area contributed by atoms with Gasteiger partial charge in [0.1, 0.15) is 23.2 Å². The molecule has 1 aliphatic rings. The summed E-state index contributed by atoms with van der Waals surface area (Å²) in [6.07, 6.45) is 0.791. The maximum absolute atomic E-state index is 13.3. The van der Waals surface area contributed by atoms with Gasteiger partial charge in [0, 0.05) is 6.42 Å². The van der Waals surface area contributed by atoms with E-state index < -0.39 is 7.26 Å². The van der Waals surface area contributed by atoms with Crippen LogP contribution < -0.4 is 15.9 Å². The number of rotatable bonds is 5. The van der Waals surface area contributed by atoms with Crippen LogP contribution in [0.4, 0.5) is 0 Å². The molecule has 1 fully saturated rings. The van der Waals surface area contributed by atoms with Gasteiger partial charge in [0.2, 0.25) is 0 Å². The van der Waals surface area contributed by atoms with Crippen LogP contribution in [0, 0.1) is 0 Å². The lowest BCUT2D eigenvalue weighted by Gasteiger charge is -2.31. The van der Waals surface area contributed by atoms with Crippen molar-refractivity contribution in [2.45, 2.75) is 12.1 Å². The van der Waals surface area contributed by atoms with Gasteiger partial charge in [0.05, 0.1) is 13.7 Å². The van der Waals surface area contributed by atoms with Gasteiger partial charge in [-0.1, -0.05) is 54.6 Å². The maximum Gasteiger partial charge on any atom is 0.288 e. The van der Waals surface area contributed by atoms with E-state index >= 15 is 0 Å². The Hall–Kier alpha value is -2.48. The van der Waals surface area contributed by atoms with Crippen molar-refractivity contribution in [3.8, 4) is 0 Å². The molecule has 1 aliphatic heterocycles. The molecule has 0 aromatic heterocycles. The van der Waals surface area contributed by atoms with Gasteiger partial charge in [-0.2, -0.15) is 0 Å². The highest BCUT2D eigenvalue weighted by molar-refractivity contribution is 7.96. The Morgan fingerprint density at radius 2 is 1.19 bits per heavy atom. The molecule has 3 aromatic carbocycles. The first-order chi connectivity index (χ1) is 13.3. The largest absolute Gasteiger partial charge is 0.288 e. The zero-order valence-corrected chi connectivity index (χ0v) is 16.3. The third-order valence-electron chi connectivity index (χ3n) is 5.31. The van der Waals surface area contributed by atoms with E-state index in [1.54, 1.807) is 7.11 Å². The van der Waals surface area contributed by atoms with E-state index in [1.165, 1.54) is 21.0 Å². The van der Waals surface area contributed by atoms with E-state index in [4.69, 9.17) is 4.84 Å². The van der Waals surface area contributed by atoms with Gasteiger partial charge in [-0.05, 0) is 36.4 Å². The molecule has 0 bridgehead atoms. The Labute approximate surface area is 160 Å². The SMILES string of the molecule is CON1CCC([P+](c2ccccc2)(c2ccccc2)c2ccccc2)C1=O. The molecule has 1 unspecified atom stereocenters. The van der Waals surface area contributed by atoms with Gasteiger partial charge in [-0.3, -0.25) is 9.63 Å². The van der Waals surface area contributed by atoms with E-state index in [1.807, 2.05) is 18.2 Å². The van der Waals surface area contributed by atoms with Crippen molar-refractivity contribution in [1.29, 1.82) is 0 Å².